The monoisotopic (exact) mass is 878 g/mol. The van der Waals surface area contributed by atoms with Crippen molar-refractivity contribution in [3.63, 3.8) is 0 Å². The fourth-order valence-electron chi connectivity index (χ4n) is 12.6. The molecule has 14 rings (SSSR count). The van der Waals surface area contributed by atoms with Crippen molar-refractivity contribution in [3.8, 4) is 66.8 Å². The zero-order valence-electron chi connectivity index (χ0n) is 38.4. The molecule has 0 N–H and O–H groups in total. The Morgan fingerprint density at radius 3 is 0.609 bits per heavy atom. The van der Waals surface area contributed by atoms with Crippen molar-refractivity contribution in [2.45, 2.75) is 26.2 Å². The van der Waals surface area contributed by atoms with Crippen LogP contribution in [0.15, 0.2) is 243 Å². The molecule has 0 amide bonds. The average Bonchev–Trinajstić information content (AvgIpc) is 3.64. The Morgan fingerprint density at radius 1 is 0.203 bits per heavy atom. The Labute approximate surface area is 403 Å². The second-order valence-corrected chi connectivity index (χ2v) is 19.5. The first kappa shape index (κ1) is 39.8. The highest BCUT2D eigenvalue weighted by molar-refractivity contribution is 6.16. The van der Waals surface area contributed by atoms with Gasteiger partial charge in [0, 0.05) is 22.3 Å². The van der Waals surface area contributed by atoms with Crippen LogP contribution in [-0.4, -0.2) is 4.48 Å². The van der Waals surface area contributed by atoms with Gasteiger partial charge in [-0.1, -0.05) is 218 Å². The summed E-state index contributed by atoms with van der Waals surface area (Å²) in [5, 5.41) is 10.4. The van der Waals surface area contributed by atoms with E-state index in [-0.39, 0.29) is 0 Å². The molecule has 1 heteroatoms. The van der Waals surface area contributed by atoms with Gasteiger partial charge in [0.25, 0.3) is 0 Å². The maximum Gasteiger partial charge on any atom is 0.106 e. The van der Waals surface area contributed by atoms with E-state index >= 15 is 0 Å². The van der Waals surface area contributed by atoms with Crippen molar-refractivity contribution in [1.29, 1.82) is 0 Å². The third-order valence-corrected chi connectivity index (χ3v) is 15.4. The number of rotatable bonds is 4. The van der Waals surface area contributed by atoms with Gasteiger partial charge in [0.15, 0.2) is 0 Å². The van der Waals surface area contributed by atoms with Crippen molar-refractivity contribution in [1.82, 2.24) is 0 Å². The molecule has 2 heterocycles. The van der Waals surface area contributed by atoms with Crippen LogP contribution in [0.5, 0.6) is 0 Å². The summed E-state index contributed by atoms with van der Waals surface area (Å²) in [6.45, 7) is 3.46. The van der Waals surface area contributed by atoms with Crippen LogP contribution >= 0.6 is 0 Å². The molecule has 0 saturated carbocycles. The predicted octanol–water partition coefficient (Wildman–Crippen LogP) is 17.8. The number of benzene rings is 12. The van der Waals surface area contributed by atoms with Crippen LogP contribution in [0.4, 0.5) is 0 Å². The third kappa shape index (κ3) is 6.42. The Morgan fingerprint density at radius 2 is 0.391 bits per heavy atom. The zero-order chi connectivity index (χ0) is 45.5. The predicted molar refractivity (Wildman–Crippen MR) is 291 cm³/mol. The molecule has 12 aromatic rings. The normalized spacial score (nSPS) is 13.7. The third-order valence-electron chi connectivity index (χ3n) is 15.4. The first-order valence-electron chi connectivity index (χ1n) is 24.4. The molecule has 0 aromatic heterocycles. The fourth-order valence-corrected chi connectivity index (χ4v) is 12.6. The van der Waals surface area contributed by atoms with Crippen LogP contribution in [0.25, 0.3) is 110 Å². The van der Waals surface area contributed by atoms with Crippen LogP contribution < -0.4 is 0 Å². The lowest BCUT2D eigenvalue weighted by atomic mass is 9.83. The Kier molecular flexibility index (Phi) is 9.15. The van der Waals surface area contributed by atoms with Crippen LogP contribution in [0.2, 0.25) is 0 Å². The lowest BCUT2D eigenvalue weighted by Crippen LogP contribution is -2.44. The van der Waals surface area contributed by atoms with E-state index in [1.807, 2.05) is 0 Å². The molecule has 2 aliphatic heterocycles. The molecule has 0 aliphatic carbocycles. The second-order valence-electron chi connectivity index (χ2n) is 19.5. The molecule has 0 bridgehead atoms. The quantitative estimate of drug-likeness (QED) is 0.155. The van der Waals surface area contributed by atoms with Crippen molar-refractivity contribution in [3.05, 3.63) is 265 Å². The van der Waals surface area contributed by atoms with Gasteiger partial charge >= 0.3 is 0 Å². The van der Waals surface area contributed by atoms with Crippen LogP contribution in [0.3, 0.4) is 0 Å². The molecule has 0 radical (unpaired) electrons. The molecule has 0 saturated heterocycles. The van der Waals surface area contributed by atoms with Crippen molar-refractivity contribution >= 4 is 43.1 Å². The van der Waals surface area contributed by atoms with E-state index in [0.29, 0.717) is 0 Å². The van der Waals surface area contributed by atoms with Gasteiger partial charge in [-0.05, 0) is 134 Å². The highest BCUT2D eigenvalue weighted by Crippen LogP contribution is 2.53. The zero-order valence-corrected chi connectivity index (χ0v) is 38.4. The molecule has 1 nitrogen and oxygen atoms in total. The van der Waals surface area contributed by atoms with Gasteiger partial charge in [-0.15, -0.1) is 0 Å². The van der Waals surface area contributed by atoms with Gasteiger partial charge < -0.3 is 4.48 Å². The van der Waals surface area contributed by atoms with Crippen LogP contribution in [-0.2, 0) is 26.2 Å². The minimum atomic E-state index is 0.832. The molecule has 12 aromatic carbocycles. The number of fused-ring (bicyclic) bond motifs is 14. The van der Waals surface area contributed by atoms with E-state index in [9.17, 15) is 0 Å². The maximum atomic E-state index is 2.58. The lowest BCUT2D eigenvalue weighted by Gasteiger charge is -2.38. The molecular formula is C68H48N+. The Balaban J connectivity index is 1.13. The molecule has 2 aliphatic rings. The second kappa shape index (κ2) is 15.9. The molecule has 1 spiro atoms. The molecule has 324 valence electrons. The van der Waals surface area contributed by atoms with Crippen molar-refractivity contribution in [2.24, 2.45) is 0 Å². The van der Waals surface area contributed by atoms with E-state index < -0.39 is 0 Å². The van der Waals surface area contributed by atoms with Gasteiger partial charge in [-0.25, -0.2) is 0 Å². The van der Waals surface area contributed by atoms with E-state index in [1.165, 1.54) is 132 Å². The number of hydrogen-bond acceptors (Lipinski definition) is 0. The van der Waals surface area contributed by atoms with E-state index in [0.717, 1.165) is 30.7 Å². The lowest BCUT2D eigenvalue weighted by molar-refractivity contribution is -0.977. The number of hydrogen-bond donors (Lipinski definition) is 0. The van der Waals surface area contributed by atoms with Crippen molar-refractivity contribution in [2.75, 3.05) is 0 Å². The number of nitrogens with zero attached hydrogens (tertiary/aromatic N) is 1. The first-order chi connectivity index (χ1) is 34.2. The van der Waals surface area contributed by atoms with Crippen LogP contribution in [0, 0.1) is 0 Å². The van der Waals surface area contributed by atoms with Gasteiger partial charge in [-0.2, -0.15) is 0 Å². The number of quaternary nitrogens is 1. The van der Waals surface area contributed by atoms with Crippen molar-refractivity contribution < 1.29 is 4.48 Å². The van der Waals surface area contributed by atoms with Gasteiger partial charge in [0.05, 0.1) is 0 Å². The summed E-state index contributed by atoms with van der Waals surface area (Å²) in [4.78, 5) is 0. The van der Waals surface area contributed by atoms with Crippen LogP contribution in [0.1, 0.15) is 22.3 Å². The maximum absolute atomic E-state index is 2.58. The first-order valence-corrected chi connectivity index (χ1v) is 24.4. The standard InChI is InChI=1S/C68H48N/c1-5-21-45(22-6-1)61-37-49-41-69(42-50-38-62(46-23-7-2-8-24-46)54-30-14-18-34-58(54)66(50)65(49)57-33-17-13-29-53(57)61)43-51-39-63(47-25-9-3-10-26-47)55-31-15-19-35-59(55)67(51)68-52(44-69)40-64(48-27-11-4-12-28-48)56-32-16-20-36-60(56)68/h1-40H,41-44H2/q+1. The Hall–Kier alpha value is -8.36. The molecular weight excluding hydrogens is 831 g/mol. The SMILES string of the molecule is c1ccc(-c2cc3c(c4ccccc24)-c2c(cc(-c4ccccc4)c4ccccc24)C[N+]2(C3)Cc3cc(-c4ccccc4)c4ccccc4c3-c3c(cc(-c4ccccc4)c4ccccc34)C2)cc1. The molecule has 69 heavy (non-hydrogen) atoms. The average molecular weight is 879 g/mol. The summed E-state index contributed by atoms with van der Waals surface area (Å²) >= 11 is 0. The summed E-state index contributed by atoms with van der Waals surface area (Å²) in [5.41, 5.74) is 21.3. The molecule has 0 atom stereocenters. The van der Waals surface area contributed by atoms with Gasteiger partial charge in [0.2, 0.25) is 0 Å². The molecule has 0 fully saturated rings. The smallest absolute Gasteiger partial charge is 0.106 e. The largest absolute Gasteiger partial charge is 0.309 e. The summed E-state index contributed by atoms with van der Waals surface area (Å²) in [7, 11) is 0. The summed E-state index contributed by atoms with van der Waals surface area (Å²) in [6.07, 6.45) is 0. The molecule has 0 unspecified atom stereocenters. The minimum Gasteiger partial charge on any atom is -0.309 e. The highest BCUT2D eigenvalue weighted by Gasteiger charge is 2.41. The summed E-state index contributed by atoms with van der Waals surface area (Å²) < 4.78 is 0.832. The summed E-state index contributed by atoms with van der Waals surface area (Å²) in [5.74, 6) is 0. The fraction of sp³-hybridized carbons (Fsp3) is 0.0588. The Bertz CT molecular complexity index is 3460. The minimum absolute atomic E-state index is 0.832. The topological polar surface area (TPSA) is 0 Å². The van der Waals surface area contributed by atoms with Gasteiger partial charge in [-0.3, -0.25) is 0 Å². The van der Waals surface area contributed by atoms with E-state index in [1.54, 1.807) is 0 Å². The van der Waals surface area contributed by atoms with E-state index in [2.05, 4.69) is 243 Å². The van der Waals surface area contributed by atoms with E-state index in [4.69, 9.17) is 0 Å². The van der Waals surface area contributed by atoms with Gasteiger partial charge in [0.1, 0.15) is 26.2 Å². The summed E-state index contributed by atoms with van der Waals surface area (Å²) in [6, 6.07) is 91.5. The highest BCUT2D eigenvalue weighted by atomic mass is 15.4.